The fourth-order valence-corrected chi connectivity index (χ4v) is 7.83. The second kappa shape index (κ2) is 6.79. The predicted molar refractivity (Wildman–Crippen MR) is 103 cm³/mol. The number of amidine groups is 1. The molecule has 0 radical (unpaired) electrons. The monoisotopic (exact) mass is 410 g/mol. The normalized spacial score (nSPS) is 25.6. The number of sulfone groups is 1. The van der Waals surface area contributed by atoms with Crippen LogP contribution in [0.1, 0.15) is 4.88 Å². The van der Waals surface area contributed by atoms with Gasteiger partial charge in [-0.3, -0.25) is 4.79 Å². The van der Waals surface area contributed by atoms with Gasteiger partial charge in [0.15, 0.2) is 15.0 Å². The number of benzene rings is 1. The fourth-order valence-electron chi connectivity index (χ4n) is 3.20. The Balaban J connectivity index is 1.67. The smallest absolute Gasteiger partial charge is 0.253 e. The van der Waals surface area contributed by atoms with E-state index in [4.69, 9.17) is 0 Å². The maximum absolute atomic E-state index is 13.7. The minimum Gasteiger partial charge on any atom is -0.315 e. The Labute approximate surface area is 158 Å². The number of anilines is 1. The van der Waals surface area contributed by atoms with E-state index in [9.17, 15) is 17.6 Å². The quantitative estimate of drug-likeness (QED) is 0.778. The summed E-state index contributed by atoms with van der Waals surface area (Å²) in [4.78, 5) is 19.2. The van der Waals surface area contributed by atoms with Crippen molar-refractivity contribution >= 4 is 49.7 Å². The zero-order valence-electron chi connectivity index (χ0n) is 13.5. The molecule has 2 saturated heterocycles. The number of hydrogen-bond donors (Lipinski definition) is 0. The maximum Gasteiger partial charge on any atom is 0.253 e. The Morgan fingerprint density at radius 1 is 1.27 bits per heavy atom. The molecule has 0 N–H and O–H groups in total. The van der Waals surface area contributed by atoms with Crippen molar-refractivity contribution < 1.29 is 17.6 Å². The van der Waals surface area contributed by atoms with Gasteiger partial charge in [-0.25, -0.2) is 12.8 Å². The number of thiophene rings is 1. The van der Waals surface area contributed by atoms with Gasteiger partial charge >= 0.3 is 0 Å². The van der Waals surface area contributed by atoms with Crippen LogP contribution in [0.25, 0.3) is 0 Å². The van der Waals surface area contributed by atoms with Gasteiger partial charge in [0.05, 0.1) is 24.0 Å². The van der Waals surface area contributed by atoms with Crippen LogP contribution in [0.3, 0.4) is 0 Å². The molecule has 3 heterocycles. The largest absolute Gasteiger partial charge is 0.315 e. The molecule has 0 saturated carbocycles. The van der Waals surface area contributed by atoms with E-state index in [-0.39, 0.29) is 35.1 Å². The first-order chi connectivity index (χ1) is 12.4. The lowest BCUT2D eigenvalue weighted by Crippen LogP contribution is -2.37. The Morgan fingerprint density at radius 2 is 2.12 bits per heavy atom. The number of thioether (sulfide) groups is 1. The number of amides is 1. The molecule has 5 nitrogen and oxygen atoms in total. The van der Waals surface area contributed by atoms with Crippen molar-refractivity contribution in [2.45, 2.75) is 17.7 Å². The summed E-state index contributed by atoms with van der Waals surface area (Å²) < 4.78 is 37.7. The first-order valence-corrected chi connectivity index (χ1v) is 11.6. The van der Waals surface area contributed by atoms with Gasteiger partial charge in [-0.15, -0.1) is 11.3 Å². The molecule has 2 fully saturated rings. The number of halogens is 1. The maximum atomic E-state index is 13.7. The summed E-state index contributed by atoms with van der Waals surface area (Å²) in [6.45, 7) is 0. The van der Waals surface area contributed by atoms with Crippen molar-refractivity contribution in [2.75, 3.05) is 16.4 Å². The lowest BCUT2D eigenvalue weighted by atomic mass is 10.2. The van der Waals surface area contributed by atoms with E-state index in [1.807, 2.05) is 17.5 Å². The second-order valence-corrected chi connectivity index (χ2v) is 10.6. The standard InChI is InChI=1S/C17H15FN2O3S3/c18-11-3-1-4-12(7-11)20-14-9-26(22,23)10-15(14)25-17(20)19-16(21)8-13-5-2-6-24-13/h1-7,14-15H,8-10H2. The summed E-state index contributed by atoms with van der Waals surface area (Å²) in [6.07, 6.45) is 0.201. The molecule has 26 heavy (non-hydrogen) atoms. The second-order valence-electron chi connectivity index (χ2n) is 6.19. The zero-order chi connectivity index (χ0) is 18.3. The fraction of sp³-hybridized carbons (Fsp3) is 0.294. The van der Waals surface area contributed by atoms with E-state index in [2.05, 4.69) is 4.99 Å². The van der Waals surface area contributed by atoms with Crippen LogP contribution in [-0.2, 0) is 21.1 Å². The average Bonchev–Trinajstić information content (AvgIpc) is 3.22. The number of nitrogens with zero attached hydrogens (tertiary/aromatic N) is 2. The van der Waals surface area contributed by atoms with Crippen LogP contribution in [0, 0.1) is 5.82 Å². The van der Waals surface area contributed by atoms with E-state index < -0.39 is 15.7 Å². The Bertz CT molecular complexity index is 973. The predicted octanol–water partition coefficient (Wildman–Crippen LogP) is 2.73. The molecule has 1 aromatic carbocycles. The molecule has 1 amide bonds. The molecule has 2 aromatic rings. The van der Waals surface area contributed by atoms with Crippen molar-refractivity contribution in [3.63, 3.8) is 0 Å². The number of aliphatic imine (C=N–C) groups is 1. The minimum atomic E-state index is -3.14. The lowest BCUT2D eigenvalue weighted by Gasteiger charge is -2.24. The molecule has 136 valence electrons. The third kappa shape index (κ3) is 3.56. The molecule has 1 aromatic heterocycles. The van der Waals surface area contributed by atoms with Gasteiger partial charge < -0.3 is 4.90 Å². The van der Waals surface area contributed by atoms with Gasteiger partial charge in [-0.2, -0.15) is 4.99 Å². The third-order valence-electron chi connectivity index (χ3n) is 4.28. The van der Waals surface area contributed by atoms with Crippen molar-refractivity contribution in [3.8, 4) is 0 Å². The molecule has 2 atom stereocenters. The van der Waals surface area contributed by atoms with E-state index in [0.717, 1.165) is 4.88 Å². The molecule has 0 aliphatic carbocycles. The molecule has 0 bridgehead atoms. The number of carbonyl (C=O) groups is 1. The molecule has 2 unspecified atom stereocenters. The molecular formula is C17H15FN2O3S3. The Morgan fingerprint density at radius 3 is 2.85 bits per heavy atom. The molecular weight excluding hydrogens is 395 g/mol. The minimum absolute atomic E-state index is 0.0146. The van der Waals surface area contributed by atoms with Gasteiger partial charge in [0.1, 0.15) is 5.82 Å². The summed E-state index contributed by atoms with van der Waals surface area (Å²) in [5.74, 6) is -0.675. The van der Waals surface area contributed by atoms with Crippen molar-refractivity contribution in [1.29, 1.82) is 0 Å². The lowest BCUT2D eigenvalue weighted by molar-refractivity contribution is -0.117. The SMILES string of the molecule is O=C(Cc1cccs1)N=C1SC2CS(=O)(=O)CC2N1c1cccc(F)c1. The highest BCUT2D eigenvalue weighted by Crippen LogP contribution is 2.41. The number of hydrogen-bond acceptors (Lipinski definition) is 5. The van der Waals surface area contributed by atoms with Crippen molar-refractivity contribution in [2.24, 2.45) is 4.99 Å². The number of carbonyl (C=O) groups excluding carboxylic acids is 1. The summed E-state index contributed by atoms with van der Waals surface area (Å²) in [7, 11) is -3.14. The van der Waals surface area contributed by atoms with Crippen LogP contribution in [0.5, 0.6) is 0 Å². The van der Waals surface area contributed by atoms with Gasteiger partial charge in [-0.05, 0) is 29.6 Å². The van der Waals surface area contributed by atoms with Gasteiger partial charge in [0.25, 0.3) is 5.91 Å². The topological polar surface area (TPSA) is 66.8 Å². The first-order valence-electron chi connectivity index (χ1n) is 7.97. The van der Waals surface area contributed by atoms with Gasteiger partial charge in [0.2, 0.25) is 0 Å². The summed E-state index contributed by atoms with van der Waals surface area (Å²) in [6, 6.07) is 9.35. The van der Waals surface area contributed by atoms with Crippen molar-refractivity contribution in [3.05, 3.63) is 52.5 Å². The third-order valence-corrected chi connectivity index (χ3v) is 8.36. The van der Waals surface area contributed by atoms with Crippen LogP contribution in [0.15, 0.2) is 46.8 Å². The van der Waals surface area contributed by atoms with Crippen LogP contribution < -0.4 is 4.90 Å². The number of fused-ring (bicyclic) bond motifs is 1. The van der Waals surface area contributed by atoms with Gasteiger partial charge in [0, 0.05) is 15.8 Å². The van der Waals surface area contributed by atoms with E-state index in [1.54, 1.807) is 17.0 Å². The van der Waals surface area contributed by atoms with Crippen molar-refractivity contribution in [1.82, 2.24) is 0 Å². The summed E-state index contributed by atoms with van der Waals surface area (Å²) in [5.41, 5.74) is 0.518. The van der Waals surface area contributed by atoms with Gasteiger partial charge in [-0.1, -0.05) is 23.9 Å². The highest BCUT2D eigenvalue weighted by atomic mass is 32.2. The summed E-state index contributed by atoms with van der Waals surface area (Å²) >= 11 is 2.78. The van der Waals surface area contributed by atoms with E-state index >= 15 is 0 Å². The highest BCUT2D eigenvalue weighted by Gasteiger charge is 2.49. The van der Waals surface area contributed by atoms with Crippen LogP contribution in [0.4, 0.5) is 10.1 Å². The zero-order valence-corrected chi connectivity index (χ0v) is 16.0. The Hall–Kier alpha value is -1.71. The molecule has 2 aliphatic rings. The number of rotatable bonds is 3. The van der Waals surface area contributed by atoms with E-state index in [0.29, 0.717) is 10.9 Å². The molecule has 2 aliphatic heterocycles. The highest BCUT2D eigenvalue weighted by molar-refractivity contribution is 8.16. The van der Waals surface area contributed by atoms with Crippen LogP contribution in [0.2, 0.25) is 0 Å². The first kappa shape index (κ1) is 17.7. The molecule has 0 spiro atoms. The molecule has 4 rings (SSSR count). The van der Waals surface area contributed by atoms with Crippen LogP contribution >= 0.6 is 23.1 Å². The Kier molecular flexibility index (Phi) is 4.62. The van der Waals surface area contributed by atoms with Crippen LogP contribution in [-0.4, -0.2) is 42.3 Å². The molecule has 9 heteroatoms. The average molecular weight is 411 g/mol. The summed E-state index contributed by atoms with van der Waals surface area (Å²) in [5, 5.41) is 2.15. The van der Waals surface area contributed by atoms with E-state index in [1.165, 1.54) is 35.2 Å².